The summed E-state index contributed by atoms with van der Waals surface area (Å²) in [5.74, 6) is 0. The van der Waals surface area contributed by atoms with Gasteiger partial charge < -0.3 is 15.4 Å². The van der Waals surface area contributed by atoms with Gasteiger partial charge in [0, 0.05) is 25.2 Å². The van der Waals surface area contributed by atoms with Crippen LogP contribution in [-0.4, -0.2) is 67.8 Å². The lowest BCUT2D eigenvalue weighted by atomic mass is 9.85. The molecule has 106 valence electrons. The van der Waals surface area contributed by atoms with Crippen LogP contribution in [0.3, 0.4) is 0 Å². The van der Waals surface area contributed by atoms with Crippen molar-refractivity contribution in [2.75, 3.05) is 46.4 Å². The first-order valence-corrected chi connectivity index (χ1v) is 7.45. The maximum Gasteiger partial charge on any atom is 0.0702 e. The van der Waals surface area contributed by atoms with E-state index in [9.17, 15) is 0 Å². The van der Waals surface area contributed by atoms with Crippen molar-refractivity contribution in [3.63, 3.8) is 0 Å². The highest BCUT2D eigenvalue weighted by molar-refractivity contribution is 4.96. The standard InChI is InChI=1S/C14H29N3O/c1-3-17-8-6-14(12-15,7-9-17)16(2)11-13-5-4-10-18-13/h13H,3-12,15H2,1-2H3. The van der Waals surface area contributed by atoms with Crippen LogP contribution in [0.25, 0.3) is 0 Å². The van der Waals surface area contributed by atoms with Gasteiger partial charge in [-0.2, -0.15) is 0 Å². The van der Waals surface area contributed by atoms with Crippen molar-refractivity contribution in [3.8, 4) is 0 Å². The van der Waals surface area contributed by atoms with Gasteiger partial charge in [0.05, 0.1) is 6.10 Å². The van der Waals surface area contributed by atoms with E-state index in [0.717, 1.165) is 26.2 Å². The molecule has 1 atom stereocenters. The molecule has 0 aromatic carbocycles. The molecule has 0 saturated carbocycles. The lowest BCUT2D eigenvalue weighted by Crippen LogP contribution is -2.59. The summed E-state index contributed by atoms with van der Waals surface area (Å²) in [7, 11) is 2.23. The number of hydrogen-bond donors (Lipinski definition) is 1. The summed E-state index contributed by atoms with van der Waals surface area (Å²) in [6.45, 7) is 8.53. The quantitative estimate of drug-likeness (QED) is 0.793. The van der Waals surface area contributed by atoms with Gasteiger partial charge in [-0.3, -0.25) is 4.90 Å². The Morgan fingerprint density at radius 2 is 2.11 bits per heavy atom. The molecule has 18 heavy (non-hydrogen) atoms. The van der Waals surface area contributed by atoms with Crippen LogP contribution in [-0.2, 0) is 4.74 Å². The summed E-state index contributed by atoms with van der Waals surface area (Å²) in [4.78, 5) is 5.00. The third-order valence-corrected chi connectivity index (χ3v) is 4.93. The number of ether oxygens (including phenoxy) is 1. The Labute approximate surface area is 111 Å². The Morgan fingerprint density at radius 3 is 2.61 bits per heavy atom. The average Bonchev–Trinajstić information content (AvgIpc) is 2.91. The first-order valence-electron chi connectivity index (χ1n) is 7.45. The number of hydrogen-bond acceptors (Lipinski definition) is 4. The second-order valence-electron chi connectivity index (χ2n) is 5.88. The number of likely N-dealkylation sites (tertiary alicyclic amines) is 1. The van der Waals surface area contributed by atoms with E-state index < -0.39 is 0 Å². The second-order valence-corrected chi connectivity index (χ2v) is 5.88. The summed E-state index contributed by atoms with van der Waals surface area (Å²) in [6, 6.07) is 0. The lowest BCUT2D eigenvalue weighted by Gasteiger charge is -2.47. The fourth-order valence-corrected chi connectivity index (χ4v) is 3.31. The normalized spacial score (nSPS) is 29.0. The predicted octanol–water partition coefficient (Wildman–Crippen LogP) is 0.910. The van der Waals surface area contributed by atoms with Crippen molar-refractivity contribution >= 4 is 0 Å². The second kappa shape index (κ2) is 6.33. The fourth-order valence-electron chi connectivity index (χ4n) is 3.31. The van der Waals surface area contributed by atoms with Crippen molar-refractivity contribution in [1.82, 2.24) is 9.80 Å². The molecule has 0 spiro atoms. The van der Waals surface area contributed by atoms with E-state index >= 15 is 0 Å². The number of nitrogens with zero attached hydrogens (tertiary/aromatic N) is 2. The number of piperidine rings is 1. The molecule has 4 heteroatoms. The van der Waals surface area contributed by atoms with Crippen LogP contribution in [0.5, 0.6) is 0 Å². The molecule has 0 bridgehead atoms. The van der Waals surface area contributed by atoms with Crippen LogP contribution >= 0.6 is 0 Å². The average molecular weight is 255 g/mol. The Kier molecular flexibility index (Phi) is 5.01. The first kappa shape index (κ1) is 14.3. The maximum atomic E-state index is 6.10. The Morgan fingerprint density at radius 1 is 1.39 bits per heavy atom. The highest BCUT2D eigenvalue weighted by atomic mass is 16.5. The summed E-state index contributed by atoms with van der Waals surface area (Å²) >= 11 is 0. The smallest absolute Gasteiger partial charge is 0.0702 e. The molecule has 0 aromatic heterocycles. The molecule has 1 unspecified atom stereocenters. The van der Waals surface area contributed by atoms with E-state index in [1.54, 1.807) is 0 Å². The van der Waals surface area contributed by atoms with Gasteiger partial charge in [0.2, 0.25) is 0 Å². The van der Waals surface area contributed by atoms with E-state index in [0.29, 0.717) is 6.10 Å². The van der Waals surface area contributed by atoms with Crippen molar-refractivity contribution in [2.24, 2.45) is 5.73 Å². The largest absolute Gasteiger partial charge is 0.377 e. The topological polar surface area (TPSA) is 41.7 Å². The monoisotopic (exact) mass is 255 g/mol. The van der Waals surface area contributed by atoms with Crippen LogP contribution < -0.4 is 5.73 Å². The van der Waals surface area contributed by atoms with Gasteiger partial charge in [-0.15, -0.1) is 0 Å². The van der Waals surface area contributed by atoms with Gasteiger partial charge in [-0.1, -0.05) is 6.92 Å². The van der Waals surface area contributed by atoms with Gasteiger partial charge in [0.1, 0.15) is 0 Å². The lowest BCUT2D eigenvalue weighted by molar-refractivity contribution is 0.00542. The van der Waals surface area contributed by atoms with E-state index in [1.807, 2.05) is 0 Å². The molecular formula is C14H29N3O. The molecule has 2 fully saturated rings. The molecule has 2 aliphatic heterocycles. The predicted molar refractivity (Wildman–Crippen MR) is 74.7 cm³/mol. The molecule has 4 nitrogen and oxygen atoms in total. The Balaban J connectivity index is 1.90. The van der Waals surface area contributed by atoms with E-state index in [-0.39, 0.29) is 5.54 Å². The summed E-state index contributed by atoms with van der Waals surface area (Å²) < 4.78 is 5.75. The molecule has 2 heterocycles. The molecule has 0 aliphatic carbocycles. The molecule has 0 amide bonds. The van der Waals surface area contributed by atoms with Gasteiger partial charge in [-0.05, 0) is 52.4 Å². The van der Waals surface area contributed by atoms with Crippen LogP contribution in [0, 0.1) is 0 Å². The summed E-state index contributed by atoms with van der Waals surface area (Å²) in [5, 5.41) is 0. The molecule has 0 radical (unpaired) electrons. The number of likely N-dealkylation sites (N-methyl/N-ethyl adjacent to an activating group) is 1. The Bertz CT molecular complexity index is 245. The van der Waals surface area contributed by atoms with Crippen LogP contribution in [0.4, 0.5) is 0 Å². The third kappa shape index (κ3) is 3.05. The molecule has 2 rings (SSSR count). The van der Waals surface area contributed by atoms with Gasteiger partial charge in [0.25, 0.3) is 0 Å². The minimum absolute atomic E-state index is 0.206. The zero-order chi connectivity index (χ0) is 13.0. The van der Waals surface area contributed by atoms with Crippen LogP contribution in [0.2, 0.25) is 0 Å². The molecule has 2 N–H and O–H groups in total. The summed E-state index contributed by atoms with van der Waals surface area (Å²) in [6.07, 6.45) is 5.26. The van der Waals surface area contributed by atoms with Gasteiger partial charge >= 0.3 is 0 Å². The fraction of sp³-hybridized carbons (Fsp3) is 1.00. The van der Waals surface area contributed by atoms with Gasteiger partial charge in [-0.25, -0.2) is 0 Å². The molecule has 2 saturated heterocycles. The molecule has 2 aliphatic rings. The van der Waals surface area contributed by atoms with E-state index in [4.69, 9.17) is 10.5 Å². The van der Waals surface area contributed by atoms with E-state index in [1.165, 1.54) is 38.8 Å². The minimum Gasteiger partial charge on any atom is -0.377 e. The highest BCUT2D eigenvalue weighted by Crippen LogP contribution is 2.28. The number of nitrogens with two attached hydrogens (primary N) is 1. The van der Waals surface area contributed by atoms with Crippen molar-refractivity contribution < 1.29 is 4.74 Å². The van der Waals surface area contributed by atoms with Crippen molar-refractivity contribution in [1.29, 1.82) is 0 Å². The highest BCUT2D eigenvalue weighted by Gasteiger charge is 2.37. The van der Waals surface area contributed by atoms with Gasteiger partial charge in [0.15, 0.2) is 0 Å². The maximum absolute atomic E-state index is 6.10. The SMILES string of the molecule is CCN1CCC(CN)(N(C)CC2CCCO2)CC1. The zero-order valence-corrected chi connectivity index (χ0v) is 12.0. The van der Waals surface area contributed by atoms with Crippen molar-refractivity contribution in [3.05, 3.63) is 0 Å². The first-order chi connectivity index (χ1) is 8.70. The van der Waals surface area contributed by atoms with Crippen molar-refractivity contribution in [2.45, 2.75) is 44.2 Å². The van der Waals surface area contributed by atoms with E-state index in [2.05, 4.69) is 23.8 Å². The van der Waals surface area contributed by atoms with Crippen LogP contribution in [0.1, 0.15) is 32.6 Å². The number of rotatable bonds is 5. The third-order valence-electron chi connectivity index (χ3n) is 4.93. The summed E-state index contributed by atoms with van der Waals surface area (Å²) in [5.41, 5.74) is 6.31. The Hall–Kier alpha value is -0.160. The zero-order valence-electron chi connectivity index (χ0n) is 12.0. The minimum atomic E-state index is 0.206. The molecular weight excluding hydrogens is 226 g/mol. The molecule has 0 aromatic rings. The van der Waals surface area contributed by atoms with Crippen LogP contribution in [0.15, 0.2) is 0 Å².